The lowest BCUT2D eigenvalue weighted by Crippen LogP contribution is -2.32. The summed E-state index contributed by atoms with van der Waals surface area (Å²) >= 11 is 1.36. The van der Waals surface area contributed by atoms with Gasteiger partial charge in [0.2, 0.25) is 0 Å². The third-order valence-electron chi connectivity index (χ3n) is 4.15. The molecule has 0 saturated carbocycles. The van der Waals surface area contributed by atoms with E-state index in [0.717, 1.165) is 31.6 Å². The molecule has 134 valence electrons. The van der Waals surface area contributed by atoms with Gasteiger partial charge in [0.15, 0.2) is 15.0 Å². The highest BCUT2D eigenvalue weighted by atomic mass is 32.2. The Balaban J connectivity index is 1.68. The molecule has 0 unspecified atom stereocenters. The fourth-order valence-electron chi connectivity index (χ4n) is 2.77. The number of hydrogen-bond donors (Lipinski definition) is 1. The van der Waals surface area contributed by atoms with Gasteiger partial charge in [0, 0.05) is 30.4 Å². The van der Waals surface area contributed by atoms with Gasteiger partial charge < -0.3 is 10.2 Å². The summed E-state index contributed by atoms with van der Waals surface area (Å²) in [5, 5.41) is 5.50. The van der Waals surface area contributed by atoms with Crippen molar-refractivity contribution in [1.29, 1.82) is 0 Å². The van der Waals surface area contributed by atoms with Crippen LogP contribution in [0.3, 0.4) is 0 Å². The molecule has 8 heteroatoms. The first-order chi connectivity index (χ1) is 11.9. The topological polar surface area (TPSA) is 79.4 Å². The number of anilines is 2. The van der Waals surface area contributed by atoms with Gasteiger partial charge in [-0.15, -0.1) is 11.3 Å². The molecule has 2 heterocycles. The van der Waals surface area contributed by atoms with Gasteiger partial charge >= 0.3 is 0 Å². The molecule has 2 aromatic rings. The van der Waals surface area contributed by atoms with Crippen molar-refractivity contribution in [3.8, 4) is 0 Å². The molecule has 1 aromatic carbocycles. The van der Waals surface area contributed by atoms with Crippen molar-refractivity contribution in [2.75, 3.05) is 24.7 Å². The normalized spacial score (nSPS) is 15.6. The van der Waals surface area contributed by atoms with Gasteiger partial charge in [0.05, 0.1) is 4.90 Å². The van der Waals surface area contributed by atoms with Crippen LogP contribution in [-0.4, -0.2) is 43.6 Å². The number of rotatable bonds is 4. The summed E-state index contributed by atoms with van der Waals surface area (Å²) in [5.74, 6) is -0.0152. The first kappa shape index (κ1) is 17.9. The van der Waals surface area contributed by atoms with E-state index in [1.807, 2.05) is 4.90 Å². The minimum atomic E-state index is -3.21. The van der Waals surface area contributed by atoms with Crippen LogP contribution in [0, 0.1) is 0 Å². The first-order valence-corrected chi connectivity index (χ1v) is 11.0. The van der Waals surface area contributed by atoms with Crippen molar-refractivity contribution in [2.45, 2.75) is 30.6 Å². The Morgan fingerprint density at radius 1 is 1.12 bits per heavy atom. The SMILES string of the molecule is CS(=O)(=O)c1ccc(Nc2nc(C(=O)N3CCCCCC3)cs2)cc1. The summed E-state index contributed by atoms with van der Waals surface area (Å²) in [6.07, 6.45) is 5.63. The average molecular weight is 380 g/mol. The highest BCUT2D eigenvalue weighted by molar-refractivity contribution is 7.90. The molecule has 3 rings (SSSR count). The van der Waals surface area contributed by atoms with Gasteiger partial charge in [0.1, 0.15) is 5.69 Å². The fraction of sp³-hybridized carbons (Fsp3) is 0.412. The second-order valence-corrected chi connectivity index (χ2v) is 9.04. The van der Waals surface area contributed by atoms with E-state index in [2.05, 4.69) is 10.3 Å². The van der Waals surface area contributed by atoms with Crippen LogP contribution in [0.5, 0.6) is 0 Å². The predicted molar refractivity (Wildman–Crippen MR) is 99.3 cm³/mol. The zero-order chi connectivity index (χ0) is 17.9. The number of nitrogens with zero attached hydrogens (tertiary/aromatic N) is 2. The molecule has 1 N–H and O–H groups in total. The van der Waals surface area contributed by atoms with E-state index >= 15 is 0 Å². The van der Waals surface area contributed by atoms with Crippen LogP contribution >= 0.6 is 11.3 Å². The average Bonchev–Trinajstić information content (AvgIpc) is 2.87. The van der Waals surface area contributed by atoms with Crippen molar-refractivity contribution in [3.63, 3.8) is 0 Å². The quantitative estimate of drug-likeness (QED) is 0.882. The number of carbonyl (C=O) groups is 1. The molecule has 0 aliphatic carbocycles. The van der Waals surface area contributed by atoms with Crippen molar-refractivity contribution < 1.29 is 13.2 Å². The molecule has 0 radical (unpaired) electrons. The molecule has 6 nitrogen and oxygen atoms in total. The number of likely N-dealkylation sites (tertiary alicyclic amines) is 1. The van der Waals surface area contributed by atoms with Gasteiger partial charge in [0.25, 0.3) is 5.91 Å². The van der Waals surface area contributed by atoms with E-state index < -0.39 is 9.84 Å². The maximum atomic E-state index is 12.5. The van der Waals surface area contributed by atoms with Crippen LogP contribution < -0.4 is 5.32 Å². The Bertz CT molecular complexity index is 836. The fourth-order valence-corrected chi connectivity index (χ4v) is 4.11. The van der Waals surface area contributed by atoms with Crippen molar-refractivity contribution in [3.05, 3.63) is 35.3 Å². The molecule has 1 fully saturated rings. The van der Waals surface area contributed by atoms with Crippen molar-refractivity contribution in [2.24, 2.45) is 0 Å². The number of sulfone groups is 1. The Morgan fingerprint density at radius 2 is 1.76 bits per heavy atom. The molecular weight excluding hydrogens is 358 g/mol. The summed E-state index contributed by atoms with van der Waals surface area (Å²) in [5.41, 5.74) is 1.19. The first-order valence-electron chi connectivity index (χ1n) is 8.25. The second kappa shape index (κ2) is 7.53. The third-order valence-corrected chi connectivity index (χ3v) is 6.04. The van der Waals surface area contributed by atoms with Gasteiger partial charge in [-0.25, -0.2) is 13.4 Å². The molecule has 0 spiro atoms. The van der Waals surface area contributed by atoms with Gasteiger partial charge in [-0.05, 0) is 37.1 Å². The Morgan fingerprint density at radius 3 is 2.36 bits per heavy atom. The van der Waals surface area contributed by atoms with E-state index in [1.54, 1.807) is 29.6 Å². The molecule has 0 bridgehead atoms. The van der Waals surface area contributed by atoms with Crippen LogP contribution in [0.1, 0.15) is 36.2 Å². The summed E-state index contributed by atoms with van der Waals surface area (Å²) < 4.78 is 23.0. The van der Waals surface area contributed by atoms with Crippen LogP contribution in [-0.2, 0) is 9.84 Å². The summed E-state index contributed by atoms with van der Waals surface area (Å²) in [6, 6.07) is 6.48. The molecule has 0 atom stereocenters. The Labute approximate surface area is 151 Å². The zero-order valence-electron chi connectivity index (χ0n) is 14.1. The van der Waals surface area contributed by atoms with E-state index in [1.165, 1.54) is 30.4 Å². The molecule has 25 heavy (non-hydrogen) atoms. The molecule has 1 saturated heterocycles. The monoisotopic (exact) mass is 379 g/mol. The number of amides is 1. The predicted octanol–water partition coefficient (Wildman–Crippen LogP) is 3.31. The lowest BCUT2D eigenvalue weighted by atomic mass is 10.2. The van der Waals surface area contributed by atoms with Gasteiger partial charge in [-0.2, -0.15) is 0 Å². The minimum Gasteiger partial charge on any atom is -0.337 e. The third kappa shape index (κ3) is 4.58. The van der Waals surface area contributed by atoms with E-state index in [9.17, 15) is 13.2 Å². The Hall–Kier alpha value is -1.93. The van der Waals surface area contributed by atoms with E-state index in [0.29, 0.717) is 10.8 Å². The van der Waals surface area contributed by atoms with Crippen LogP contribution in [0.4, 0.5) is 10.8 Å². The highest BCUT2D eigenvalue weighted by Crippen LogP contribution is 2.23. The number of carbonyl (C=O) groups excluding carboxylic acids is 1. The molecule has 1 aliphatic rings. The number of nitrogens with one attached hydrogen (secondary N) is 1. The van der Waals surface area contributed by atoms with Crippen LogP contribution in [0.2, 0.25) is 0 Å². The maximum absolute atomic E-state index is 12.5. The van der Waals surface area contributed by atoms with Crippen molar-refractivity contribution in [1.82, 2.24) is 9.88 Å². The molecule has 1 aromatic heterocycles. The van der Waals surface area contributed by atoms with E-state index in [4.69, 9.17) is 0 Å². The second-order valence-electron chi connectivity index (χ2n) is 6.17. The highest BCUT2D eigenvalue weighted by Gasteiger charge is 2.20. The lowest BCUT2D eigenvalue weighted by molar-refractivity contribution is 0.0756. The summed E-state index contributed by atoms with van der Waals surface area (Å²) in [7, 11) is -3.21. The standard InChI is InChI=1S/C17H21N3O3S2/c1-25(22,23)14-8-6-13(7-9-14)18-17-19-15(12-24-17)16(21)20-10-4-2-3-5-11-20/h6-9,12H,2-5,10-11H2,1H3,(H,18,19). The van der Waals surface area contributed by atoms with Gasteiger partial charge in [-0.3, -0.25) is 4.79 Å². The van der Waals surface area contributed by atoms with Crippen molar-refractivity contribution >= 4 is 37.9 Å². The largest absolute Gasteiger partial charge is 0.337 e. The van der Waals surface area contributed by atoms with Crippen LogP contribution in [0.15, 0.2) is 34.5 Å². The minimum absolute atomic E-state index is 0.0152. The zero-order valence-corrected chi connectivity index (χ0v) is 15.7. The number of thiazole rings is 1. The van der Waals surface area contributed by atoms with E-state index in [-0.39, 0.29) is 10.8 Å². The Kier molecular flexibility index (Phi) is 5.39. The summed E-state index contributed by atoms with van der Waals surface area (Å²) in [6.45, 7) is 1.60. The number of aromatic nitrogens is 1. The molecule has 1 amide bonds. The van der Waals surface area contributed by atoms with Gasteiger partial charge in [-0.1, -0.05) is 12.8 Å². The number of benzene rings is 1. The smallest absolute Gasteiger partial charge is 0.273 e. The van der Waals surface area contributed by atoms with Crippen LogP contribution in [0.25, 0.3) is 0 Å². The lowest BCUT2D eigenvalue weighted by Gasteiger charge is -2.18. The molecule has 1 aliphatic heterocycles. The molecular formula is C17H21N3O3S2. The number of hydrogen-bond acceptors (Lipinski definition) is 6. The summed E-state index contributed by atoms with van der Waals surface area (Å²) in [4.78, 5) is 19.1. The maximum Gasteiger partial charge on any atom is 0.273 e.